The zero-order valence-electron chi connectivity index (χ0n) is 9.48. The summed E-state index contributed by atoms with van der Waals surface area (Å²) in [5, 5.41) is 0.0289. The summed E-state index contributed by atoms with van der Waals surface area (Å²) in [6.45, 7) is -1.62. The first-order valence-corrected chi connectivity index (χ1v) is 6.41. The maximum absolute atomic E-state index is 12.4. The molecule has 0 spiro atoms. The lowest BCUT2D eigenvalue weighted by Crippen LogP contribution is -2.40. The van der Waals surface area contributed by atoms with Crippen molar-refractivity contribution in [2.24, 2.45) is 0 Å². The summed E-state index contributed by atoms with van der Waals surface area (Å²) in [6, 6.07) is 4.19. The van der Waals surface area contributed by atoms with Crippen LogP contribution in [0.3, 0.4) is 0 Å². The third kappa shape index (κ3) is 4.75. The number of alkyl halides is 4. The molecule has 0 aromatic heterocycles. The first-order valence-electron chi connectivity index (χ1n) is 5.12. The number of hydrogen-bond acceptors (Lipinski definition) is 1. The van der Waals surface area contributed by atoms with E-state index in [2.05, 4.69) is 0 Å². The highest BCUT2D eigenvalue weighted by Gasteiger charge is 2.33. The highest BCUT2D eigenvalue weighted by atomic mass is 35.5. The van der Waals surface area contributed by atoms with Gasteiger partial charge in [-0.3, -0.25) is 4.79 Å². The second-order valence-corrected chi connectivity index (χ2v) is 4.80. The van der Waals surface area contributed by atoms with Crippen LogP contribution in [0.1, 0.15) is 10.4 Å². The third-order valence-electron chi connectivity index (χ3n) is 2.19. The summed E-state index contributed by atoms with van der Waals surface area (Å²) in [6.07, 6.45) is -4.51. The van der Waals surface area contributed by atoms with Crippen molar-refractivity contribution in [3.63, 3.8) is 0 Å². The van der Waals surface area contributed by atoms with Gasteiger partial charge in [0.1, 0.15) is 6.54 Å². The summed E-state index contributed by atoms with van der Waals surface area (Å²) in [4.78, 5) is 12.6. The van der Waals surface area contributed by atoms with Crippen molar-refractivity contribution in [2.45, 2.75) is 6.18 Å². The summed E-state index contributed by atoms with van der Waals surface area (Å²) in [5.74, 6) is -0.967. The number of nitrogens with zero attached hydrogens (tertiary/aromatic N) is 1. The Labute approximate surface area is 123 Å². The third-order valence-corrected chi connectivity index (χ3v) is 3.18. The van der Waals surface area contributed by atoms with E-state index in [1.165, 1.54) is 18.2 Å². The van der Waals surface area contributed by atoms with Crippen molar-refractivity contribution in [1.82, 2.24) is 4.90 Å². The molecule has 1 amide bonds. The van der Waals surface area contributed by atoms with Crippen molar-refractivity contribution >= 4 is 40.7 Å². The van der Waals surface area contributed by atoms with Crippen LogP contribution in [0, 0.1) is 0 Å². The minimum atomic E-state index is -4.51. The zero-order chi connectivity index (χ0) is 14.6. The predicted octanol–water partition coefficient (Wildman–Crippen LogP) is 4.24. The first kappa shape index (κ1) is 16.4. The summed E-state index contributed by atoms with van der Waals surface area (Å²) in [7, 11) is 0. The van der Waals surface area contributed by atoms with Crippen molar-refractivity contribution < 1.29 is 18.0 Å². The van der Waals surface area contributed by atoms with Gasteiger partial charge in [0.05, 0.1) is 15.6 Å². The Balaban J connectivity index is 3.02. The second-order valence-electron chi connectivity index (χ2n) is 3.63. The fourth-order valence-electron chi connectivity index (χ4n) is 1.41. The second kappa shape index (κ2) is 6.68. The molecule has 2 nitrogen and oxygen atoms in total. The van der Waals surface area contributed by atoms with E-state index in [9.17, 15) is 18.0 Å². The maximum Gasteiger partial charge on any atom is 0.406 e. The summed E-state index contributed by atoms with van der Waals surface area (Å²) < 4.78 is 37.2. The average molecular weight is 335 g/mol. The van der Waals surface area contributed by atoms with Gasteiger partial charge in [-0.05, 0) is 12.1 Å². The Bertz CT molecular complexity index is 465. The van der Waals surface area contributed by atoms with Crippen LogP contribution in [0.15, 0.2) is 18.2 Å². The Kier molecular flexibility index (Phi) is 5.77. The quantitative estimate of drug-likeness (QED) is 0.754. The molecule has 0 N–H and O–H groups in total. The number of amides is 1. The van der Waals surface area contributed by atoms with Crippen LogP contribution in [0.4, 0.5) is 13.2 Å². The maximum atomic E-state index is 12.4. The summed E-state index contributed by atoms with van der Waals surface area (Å²) >= 11 is 16.9. The van der Waals surface area contributed by atoms with E-state index in [0.29, 0.717) is 4.90 Å². The monoisotopic (exact) mass is 333 g/mol. The molecule has 0 atom stereocenters. The molecule has 0 saturated heterocycles. The van der Waals surface area contributed by atoms with E-state index in [-0.39, 0.29) is 28.0 Å². The van der Waals surface area contributed by atoms with Gasteiger partial charge in [0.25, 0.3) is 5.91 Å². The molecule has 0 radical (unpaired) electrons. The van der Waals surface area contributed by atoms with E-state index in [1.807, 2.05) is 0 Å². The number of hydrogen-bond donors (Lipinski definition) is 0. The molecule has 1 rings (SSSR count). The molecule has 19 heavy (non-hydrogen) atoms. The molecule has 0 fully saturated rings. The molecular formula is C11H9Cl3F3NO. The molecule has 0 heterocycles. The molecule has 1 aromatic carbocycles. The SMILES string of the molecule is O=C(c1cccc(Cl)c1Cl)N(CCCl)CC(F)(F)F. The molecule has 0 aliphatic carbocycles. The molecule has 1 aromatic rings. The van der Waals surface area contributed by atoms with Crippen LogP contribution >= 0.6 is 34.8 Å². The fraction of sp³-hybridized carbons (Fsp3) is 0.364. The number of carbonyl (C=O) groups excluding carboxylic acids is 1. The van der Waals surface area contributed by atoms with Gasteiger partial charge in [-0.15, -0.1) is 11.6 Å². The number of rotatable bonds is 4. The minimum Gasteiger partial charge on any atom is -0.328 e. The van der Waals surface area contributed by atoms with Crippen LogP contribution in [0.25, 0.3) is 0 Å². The van der Waals surface area contributed by atoms with Crippen LogP contribution in [0.5, 0.6) is 0 Å². The molecule has 0 unspecified atom stereocenters. The van der Waals surface area contributed by atoms with Gasteiger partial charge in [0.2, 0.25) is 0 Å². The smallest absolute Gasteiger partial charge is 0.328 e. The Morgan fingerprint density at radius 1 is 1.26 bits per heavy atom. The lowest BCUT2D eigenvalue weighted by atomic mass is 10.2. The van der Waals surface area contributed by atoms with Gasteiger partial charge in [0, 0.05) is 12.4 Å². The van der Waals surface area contributed by atoms with E-state index >= 15 is 0 Å². The van der Waals surface area contributed by atoms with Crippen molar-refractivity contribution in [3.8, 4) is 0 Å². The molecule has 0 saturated carbocycles. The highest BCUT2D eigenvalue weighted by molar-refractivity contribution is 6.43. The number of carbonyl (C=O) groups is 1. The summed E-state index contributed by atoms with van der Waals surface area (Å²) in [5.41, 5.74) is -0.0801. The first-order chi connectivity index (χ1) is 8.76. The lowest BCUT2D eigenvalue weighted by Gasteiger charge is -2.23. The minimum absolute atomic E-state index is 0.0732. The van der Waals surface area contributed by atoms with Gasteiger partial charge < -0.3 is 4.90 Å². The van der Waals surface area contributed by atoms with Gasteiger partial charge in [0.15, 0.2) is 0 Å². The van der Waals surface area contributed by atoms with Crippen molar-refractivity contribution in [3.05, 3.63) is 33.8 Å². The normalized spacial score (nSPS) is 11.5. The number of benzene rings is 1. The number of halogens is 6. The molecule has 0 aliphatic rings. The van der Waals surface area contributed by atoms with E-state index in [1.54, 1.807) is 0 Å². The van der Waals surface area contributed by atoms with Gasteiger partial charge in [-0.2, -0.15) is 13.2 Å². The van der Waals surface area contributed by atoms with E-state index < -0.39 is 18.6 Å². The molecule has 0 aliphatic heterocycles. The van der Waals surface area contributed by atoms with Crippen molar-refractivity contribution in [2.75, 3.05) is 19.0 Å². The highest BCUT2D eigenvalue weighted by Crippen LogP contribution is 2.27. The van der Waals surface area contributed by atoms with Crippen LogP contribution < -0.4 is 0 Å². The standard InChI is InChI=1S/C11H9Cl3F3NO/c12-4-5-18(6-11(15,16)17)10(19)7-2-1-3-8(13)9(7)14/h1-3H,4-6H2. The Morgan fingerprint density at radius 2 is 1.89 bits per heavy atom. The van der Waals surface area contributed by atoms with E-state index in [4.69, 9.17) is 34.8 Å². The topological polar surface area (TPSA) is 20.3 Å². The Hall–Kier alpha value is -0.650. The molecule has 0 bridgehead atoms. The lowest BCUT2D eigenvalue weighted by molar-refractivity contribution is -0.140. The van der Waals surface area contributed by atoms with Crippen molar-refractivity contribution in [1.29, 1.82) is 0 Å². The average Bonchev–Trinajstić information content (AvgIpc) is 2.30. The molecule has 8 heteroatoms. The van der Waals surface area contributed by atoms with E-state index in [0.717, 1.165) is 0 Å². The van der Waals surface area contributed by atoms with Gasteiger partial charge >= 0.3 is 6.18 Å². The van der Waals surface area contributed by atoms with Gasteiger partial charge in [-0.25, -0.2) is 0 Å². The zero-order valence-corrected chi connectivity index (χ0v) is 11.7. The van der Waals surface area contributed by atoms with Gasteiger partial charge in [-0.1, -0.05) is 29.3 Å². The molecular weight excluding hydrogens is 325 g/mol. The largest absolute Gasteiger partial charge is 0.406 e. The van der Waals surface area contributed by atoms with Crippen LogP contribution in [0.2, 0.25) is 10.0 Å². The van der Waals surface area contributed by atoms with Crippen LogP contribution in [-0.2, 0) is 0 Å². The predicted molar refractivity (Wildman–Crippen MR) is 69.1 cm³/mol. The van der Waals surface area contributed by atoms with Crippen LogP contribution in [-0.4, -0.2) is 36.0 Å². The Morgan fingerprint density at radius 3 is 2.42 bits per heavy atom. The fourth-order valence-corrected chi connectivity index (χ4v) is 2.00. The molecule has 106 valence electrons.